The molecule has 0 radical (unpaired) electrons. The van der Waals surface area contributed by atoms with Gasteiger partial charge in [0.05, 0.1) is 0 Å². The largest absolute Gasteiger partial charge is 0.422 e. The number of imidazole rings is 1. The molecule has 0 aliphatic heterocycles. The summed E-state index contributed by atoms with van der Waals surface area (Å²) < 4.78 is 7.46. The highest BCUT2D eigenvalue weighted by Crippen LogP contribution is 2.23. The van der Waals surface area contributed by atoms with Crippen LogP contribution in [0.5, 0.6) is 11.8 Å². The molecule has 0 unspecified atom stereocenters. The number of ether oxygens (including phenoxy) is 1. The second-order valence-corrected chi connectivity index (χ2v) is 5.32. The summed E-state index contributed by atoms with van der Waals surface area (Å²) in [6.07, 6.45) is 6.51. The number of hydrogen-bond donors (Lipinski definition) is 1. The van der Waals surface area contributed by atoms with E-state index in [0.717, 1.165) is 23.6 Å². The van der Waals surface area contributed by atoms with E-state index in [0.29, 0.717) is 5.75 Å². The maximum absolute atomic E-state index is 5.48. The molecule has 8 nitrogen and oxygen atoms in total. The molecule has 4 rings (SSSR count). The Kier molecular flexibility index (Phi) is 3.91. The van der Waals surface area contributed by atoms with Crippen molar-refractivity contribution in [3.8, 4) is 29.0 Å². The van der Waals surface area contributed by atoms with Crippen LogP contribution in [0.1, 0.15) is 12.5 Å². The Morgan fingerprint density at radius 2 is 1.96 bits per heavy atom. The smallest absolute Gasteiger partial charge is 0.361 e. The summed E-state index contributed by atoms with van der Waals surface area (Å²) in [5, 5.41) is 13.3. The van der Waals surface area contributed by atoms with E-state index in [9.17, 15) is 0 Å². The number of nitrogens with one attached hydrogen (secondary N) is 1. The van der Waals surface area contributed by atoms with Crippen LogP contribution >= 0.6 is 0 Å². The maximum atomic E-state index is 5.48. The van der Waals surface area contributed by atoms with Gasteiger partial charge < -0.3 is 4.74 Å². The molecule has 124 valence electrons. The molecule has 3 heterocycles. The summed E-state index contributed by atoms with van der Waals surface area (Å²) >= 11 is 0. The van der Waals surface area contributed by atoms with Crippen molar-refractivity contribution in [3.63, 3.8) is 0 Å². The Morgan fingerprint density at radius 3 is 2.64 bits per heavy atom. The van der Waals surface area contributed by atoms with Crippen LogP contribution in [0.4, 0.5) is 0 Å². The van der Waals surface area contributed by atoms with Gasteiger partial charge in [-0.15, -0.1) is 0 Å². The standard InChI is InChI=1S/C17H15N7O/c1-2-12-3-8-15(19-11-12)16-18-9-10-24(16)13-4-6-14(7-5-13)25-17-20-22-23-21-17/h3-11H,2H2,1H3,(H,20,21,22,23). The van der Waals surface area contributed by atoms with Gasteiger partial charge in [-0.2, -0.15) is 5.21 Å². The third-order valence-electron chi connectivity index (χ3n) is 3.75. The zero-order valence-electron chi connectivity index (χ0n) is 13.5. The highest BCUT2D eigenvalue weighted by atomic mass is 16.5. The first-order valence-electron chi connectivity index (χ1n) is 7.84. The number of aromatic nitrogens is 7. The summed E-state index contributed by atoms with van der Waals surface area (Å²) in [6, 6.07) is 11.8. The number of aromatic amines is 1. The topological polar surface area (TPSA) is 94.4 Å². The highest BCUT2D eigenvalue weighted by molar-refractivity contribution is 5.54. The molecule has 0 aliphatic carbocycles. The minimum atomic E-state index is 0.177. The Balaban J connectivity index is 1.61. The molecular formula is C17H15N7O. The molecule has 1 aromatic carbocycles. The number of aryl methyl sites for hydroxylation is 1. The molecule has 0 atom stereocenters. The van der Waals surface area contributed by atoms with Gasteiger partial charge >= 0.3 is 6.01 Å². The Hall–Kier alpha value is -3.55. The van der Waals surface area contributed by atoms with Crippen molar-refractivity contribution in [2.24, 2.45) is 0 Å². The van der Waals surface area contributed by atoms with E-state index in [-0.39, 0.29) is 6.01 Å². The van der Waals surface area contributed by atoms with Crippen LogP contribution in [0.15, 0.2) is 55.0 Å². The highest BCUT2D eigenvalue weighted by Gasteiger charge is 2.09. The van der Waals surface area contributed by atoms with Crippen molar-refractivity contribution < 1.29 is 4.74 Å². The number of rotatable bonds is 5. The minimum Gasteiger partial charge on any atom is -0.422 e. The lowest BCUT2D eigenvalue weighted by Crippen LogP contribution is -1.98. The first kappa shape index (κ1) is 15.0. The van der Waals surface area contributed by atoms with E-state index >= 15 is 0 Å². The molecule has 0 amide bonds. The van der Waals surface area contributed by atoms with Crippen LogP contribution in [-0.2, 0) is 6.42 Å². The van der Waals surface area contributed by atoms with Crippen LogP contribution in [0, 0.1) is 0 Å². The van der Waals surface area contributed by atoms with Crippen molar-refractivity contribution in [2.75, 3.05) is 0 Å². The lowest BCUT2D eigenvalue weighted by Gasteiger charge is -2.09. The van der Waals surface area contributed by atoms with Gasteiger partial charge in [0.2, 0.25) is 0 Å². The van der Waals surface area contributed by atoms with Crippen molar-refractivity contribution in [1.82, 2.24) is 35.2 Å². The lowest BCUT2D eigenvalue weighted by atomic mass is 10.2. The van der Waals surface area contributed by atoms with Crippen molar-refractivity contribution in [3.05, 3.63) is 60.6 Å². The van der Waals surface area contributed by atoms with Gasteiger partial charge in [-0.1, -0.05) is 23.2 Å². The number of H-pyrrole nitrogens is 1. The van der Waals surface area contributed by atoms with E-state index in [1.807, 2.05) is 47.3 Å². The number of pyridine rings is 1. The third kappa shape index (κ3) is 3.09. The molecule has 0 spiro atoms. The SMILES string of the molecule is CCc1ccc(-c2nccn2-c2ccc(Oc3nn[nH]n3)cc2)nc1. The molecule has 0 aliphatic rings. The minimum absolute atomic E-state index is 0.177. The molecule has 0 saturated heterocycles. The zero-order valence-corrected chi connectivity index (χ0v) is 13.5. The third-order valence-corrected chi connectivity index (χ3v) is 3.75. The Labute approximate surface area is 143 Å². The van der Waals surface area contributed by atoms with Gasteiger partial charge in [0.1, 0.15) is 11.4 Å². The average Bonchev–Trinajstić information content (AvgIpc) is 3.34. The van der Waals surface area contributed by atoms with Gasteiger partial charge in [0.15, 0.2) is 5.82 Å². The fourth-order valence-corrected chi connectivity index (χ4v) is 2.44. The molecule has 0 fully saturated rings. The molecule has 0 saturated carbocycles. The van der Waals surface area contributed by atoms with E-state index in [2.05, 4.69) is 43.6 Å². The number of tetrazole rings is 1. The number of hydrogen-bond acceptors (Lipinski definition) is 6. The van der Waals surface area contributed by atoms with Crippen LogP contribution < -0.4 is 4.74 Å². The zero-order chi connectivity index (χ0) is 17.1. The van der Waals surface area contributed by atoms with Crippen LogP contribution in [0.3, 0.4) is 0 Å². The van der Waals surface area contributed by atoms with Crippen molar-refractivity contribution in [1.29, 1.82) is 0 Å². The van der Waals surface area contributed by atoms with Crippen LogP contribution in [0.2, 0.25) is 0 Å². The van der Waals surface area contributed by atoms with Crippen molar-refractivity contribution >= 4 is 0 Å². The van der Waals surface area contributed by atoms with E-state index in [4.69, 9.17) is 4.74 Å². The van der Waals surface area contributed by atoms with Crippen LogP contribution in [0.25, 0.3) is 17.2 Å². The summed E-state index contributed by atoms with van der Waals surface area (Å²) in [6.45, 7) is 2.11. The molecule has 8 heteroatoms. The Bertz CT molecular complexity index is 944. The number of nitrogens with zero attached hydrogens (tertiary/aromatic N) is 6. The van der Waals surface area contributed by atoms with E-state index < -0.39 is 0 Å². The molecule has 1 N–H and O–H groups in total. The fraction of sp³-hybridized carbons (Fsp3) is 0.118. The monoisotopic (exact) mass is 333 g/mol. The van der Waals surface area contributed by atoms with Gasteiger partial charge in [0, 0.05) is 24.3 Å². The van der Waals surface area contributed by atoms with Gasteiger partial charge in [-0.3, -0.25) is 9.55 Å². The summed E-state index contributed by atoms with van der Waals surface area (Å²) in [5.74, 6) is 1.41. The predicted octanol–water partition coefficient (Wildman–Crippen LogP) is 2.80. The molecule has 25 heavy (non-hydrogen) atoms. The molecular weight excluding hydrogens is 318 g/mol. The first-order valence-corrected chi connectivity index (χ1v) is 7.84. The van der Waals surface area contributed by atoms with Gasteiger partial charge in [-0.25, -0.2) is 4.98 Å². The molecule has 4 aromatic rings. The normalized spacial score (nSPS) is 10.8. The molecule has 0 bridgehead atoms. The lowest BCUT2D eigenvalue weighted by molar-refractivity contribution is 0.442. The van der Waals surface area contributed by atoms with Gasteiger partial charge in [-0.05, 0) is 47.5 Å². The Morgan fingerprint density at radius 1 is 1.08 bits per heavy atom. The van der Waals surface area contributed by atoms with E-state index in [1.54, 1.807) is 6.20 Å². The first-order chi connectivity index (χ1) is 12.3. The van der Waals surface area contributed by atoms with Gasteiger partial charge in [0.25, 0.3) is 0 Å². The van der Waals surface area contributed by atoms with Crippen molar-refractivity contribution in [2.45, 2.75) is 13.3 Å². The molecule has 3 aromatic heterocycles. The fourth-order valence-electron chi connectivity index (χ4n) is 2.44. The second kappa shape index (κ2) is 6.52. The maximum Gasteiger partial charge on any atom is 0.361 e. The second-order valence-electron chi connectivity index (χ2n) is 5.32. The van der Waals surface area contributed by atoms with E-state index in [1.165, 1.54) is 5.56 Å². The summed E-state index contributed by atoms with van der Waals surface area (Å²) in [5.41, 5.74) is 2.98. The predicted molar refractivity (Wildman–Crippen MR) is 90.4 cm³/mol. The summed E-state index contributed by atoms with van der Waals surface area (Å²) in [7, 11) is 0. The number of benzene rings is 1. The quantitative estimate of drug-likeness (QED) is 0.603. The summed E-state index contributed by atoms with van der Waals surface area (Å²) in [4.78, 5) is 8.95. The van der Waals surface area contributed by atoms with Crippen LogP contribution in [-0.4, -0.2) is 35.2 Å². The average molecular weight is 333 g/mol.